The molecule has 0 unspecified atom stereocenters. The minimum atomic E-state index is -4.43. The van der Waals surface area contributed by atoms with Crippen LogP contribution >= 0.6 is 11.8 Å². The molecule has 0 aliphatic rings. The van der Waals surface area contributed by atoms with E-state index in [1.165, 1.54) is 36.4 Å². The first-order valence-corrected chi connectivity index (χ1v) is 9.50. The number of hydrogen-bond donors (Lipinski definition) is 2. The van der Waals surface area contributed by atoms with Gasteiger partial charge in [0.25, 0.3) is 11.7 Å². The highest BCUT2D eigenvalue weighted by Gasteiger charge is 2.30. The Hall–Kier alpha value is -3.07. The van der Waals surface area contributed by atoms with Crippen LogP contribution in [0.4, 0.5) is 39.0 Å². The molecular weight excluding hydrogens is 423 g/mol. The van der Waals surface area contributed by atoms with E-state index in [9.17, 15) is 26.7 Å². The molecule has 3 aromatic rings. The van der Waals surface area contributed by atoms with Gasteiger partial charge in [-0.25, -0.2) is 0 Å². The first-order chi connectivity index (χ1) is 14.2. The highest BCUT2D eigenvalue weighted by atomic mass is 32.2. The second kappa shape index (κ2) is 9.17. The van der Waals surface area contributed by atoms with Crippen LogP contribution in [0.5, 0.6) is 0 Å². The Kier molecular flexibility index (Phi) is 6.61. The third kappa shape index (κ3) is 5.73. The van der Waals surface area contributed by atoms with Crippen LogP contribution < -0.4 is 10.6 Å². The Balaban J connectivity index is 1.73. The first kappa shape index (κ1) is 21.6. The van der Waals surface area contributed by atoms with E-state index >= 15 is 0 Å². The van der Waals surface area contributed by atoms with E-state index in [1.807, 2.05) is 0 Å². The Morgan fingerprint density at radius 2 is 1.43 bits per heavy atom. The zero-order chi connectivity index (χ0) is 21.7. The molecule has 0 bridgehead atoms. The van der Waals surface area contributed by atoms with Crippen molar-refractivity contribution in [2.45, 2.75) is 16.8 Å². The van der Waals surface area contributed by atoms with Crippen LogP contribution in [0, 0.1) is 0 Å². The first-order valence-electron chi connectivity index (χ1n) is 8.62. The second-order valence-corrected chi connectivity index (χ2v) is 7.17. The molecule has 0 saturated carbocycles. The lowest BCUT2D eigenvalue weighted by Gasteiger charge is -2.13. The van der Waals surface area contributed by atoms with Crippen molar-refractivity contribution in [3.05, 3.63) is 83.9 Å². The average molecular weight is 438 g/mol. The summed E-state index contributed by atoms with van der Waals surface area (Å²) in [6.07, 6.45) is -4.43. The fourth-order valence-corrected chi connectivity index (χ4v) is 3.11. The van der Waals surface area contributed by atoms with Gasteiger partial charge in [-0.05, 0) is 60.7 Å². The summed E-state index contributed by atoms with van der Waals surface area (Å²) in [6, 6.07) is 16.9. The summed E-state index contributed by atoms with van der Waals surface area (Å²) in [6.45, 7) is 0. The van der Waals surface area contributed by atoms with Crippen LogP contribution in [-0.4, -0.2) is 11.7 Å². The molecule has 3 rings (SSSR count). The molecule has 9 heteroatoms. The molecule has 0 fully saturated rings. The lowest BCUT2D eigenvalue weighted by atomic mass is 10.1. The lowest BCUT2D eigenvalue weighted by Crippen LogP contribution is -2.13. The number of alkyl halides is 5. The van der Waals surface area contributed by atoms with Crippen molar-refractivity contribution in [3.8, 4) is 0 Å². The van der Waals surface area contributed by atoms with Gasteiger partial charge in [-0.15, -0.1) is 0 Å². The molecular formula is C21H15F5N2OS. The fourth-order valence-electron chi connectivity index (χ4n) is 2.61. The van der Waals surface area contributed by atoms with Crippen LogP contribution in [0.1, 0.15) is 15.9 Å². The van der Waals surface area contributed by atoms with E-state index in [0.717, 1.165) is 12.1 Å². The molecule has 2 N–H and O–H groups in total. The van der Waals surface area contributed by atoms with Gasteiger partial charge in [0, 0.05) is 16.3 Å². The number of anilines is 3. The summed E-state index contributed by atoms with van der Waals surface area (Å²) < 4.78 is 62.9. The number of thioether (sulfide) groups is 1. The Labute approximate surface area is 173 Å². The second-order valence-electron chi connectivity index (χ2n) is 6.10. The molecule has 0 atom stereocenters. The monoisotopic (exact) mass is 438 g/mol. The number of benzene rings is 3. The largest absolute Gasteiger partial charge is 0.416 e. The Morgan fingerprint density at radius 1 is 0.833 bits per heavy atom. The molecule has 30 heavy (non-hydrogen) atoms. The number of amides is 1. The van der Waals surface area contributed by atoms with Gasteiger partial charge in [0.2, 0.25) is 0 Å². The minimum Gasteiger partial charge on any atom is -0.355 e. The van der Waals surface area contributed by atoms with E-state index in [0.29, 0.717) is 33.7 Å². The maximum atomic E-state index is 12.7. The topological polar surface area (TPSA) is 41.1 Å². The highest BCUT2D eigenvalue weighted by Crippen LogP contribution is 2.31. The molecule has 0 aromatic heterocycles. The van der Waals surface area contributed by atoms with E-state index < -0.39 is 23.4 Å². The number of hydrogen-bond acceptors (Lipinski definition) is 3. The summed E-state index contributed by atoms with van der Waals surface area (Å²) in [5.74, 6) is -2.99. The molecule has 0 aliphatic heterocycles. The molecule has 0 spiro atoms. The average Bonchev–Trinajstić information content (AvgIpc) is 2.69. The molecule has 1 amide bonds. The third-order valence-electron chi connectivity index (χ3n) is 4.00. The summed E-state index contributed by atoms with van der Waals surface area (Å²) in [4.78, 5) is 13.0. The van der Waals surface area contributed by atoms with Crippen LogP contribution in [0.25, 0.3) is 0 Å². The third-order valence-corrected chi connectivity index (χ3v) is 4.72. The Morgan fingerprint density at radius 3 is 2.03 bits per heavy atom. The predicted octanol–water partition coefficient (Wildman–Crippen LogP) is 7.02. The quantitative estimate of drug-likeness (QED) is 0.321. The fraction of sp³-hybridized carbons (Fsp3) is 0.0952. The van der Waals surface area contributed by atoms with Gasteiger partial charge in [-0.3, -0.25) is 4.79 Å². The summed E-state index contributed by atoms with van der Waals surface area (Å²) in [5.41, 5.74) is 0.704. The molecule has 0 saturated heterocycles. The molecule has 3 nitrogen and oxygen atoms in total. The number of carbonyl (C=O) groups excluding carboxylic acids is 1. The zero-order valence-electron chi connectivity index (χ0n) is 15.2. The maximum absolute atomic E-state index is 12.7. The molecule has 3 aromatic carbocycles. The van der Waals surface area contributed by atoms with E-state index in [-0.39, 0.29) is 5.56 Å². The summed E-state index contributed by atoms with van der Waals surface area (Å²) >= 11 is 0.402. The van der Waals surface area contributed by atoms with Crippen LogP contribution in [0.2, 0.25) is 0 Å². The van der Waals surface area contributed by atoms with E-state index in [4.69, 9.17) is 0 Å². The number of carbonyl (C=O) groups is 1. The highest BCUT2D eigenvalue weighted by molar-refractivity contribution is 7.99. The van der Waals surface area contributed by atoms with Crippen molar-refractivity contribution >= 4 is 34.7 Å². The summed E-state index contributed by atoms with van der Waals surface area (Å²) in [5, 5.41) is 5.60. The van der Waals surface area contributed by atoms with Crippen molar-refractivity contribution in [2.75, 3.05) is 10.6 Å². The normalized spacial score (nSPS) is 11.4. The maximum Gasteiger partial charge on any atom is 0.416 e. The minimum absolute atomic E-state index is 0.267. The standard InChI is InChI=1S/C21H15F5N2OS/c22-20(23)30-16-11-9-15(10-12-16)28-19(29)17-3-1-2-4-18(17)27-14-7-5-13(6-8-14)21(24,25)26/h1-12,20,27H,(H,28,29). The van der Waals surface area contributed by atoms with Crippen LogP contribution in [0.3, 0.4) is 0 Å². The summed E-state index contributed by atoms with van der Waals surface area (Å²) in [7, 11) is 0. The number of para-hydroxylation sites is 1. The van der Waals surface area contributed by atoms with Crippen molar-refractivity contribution in [1.82, 2.24) is 0 Å². The van der Waals surface area contributed by atoms with Crippen molar-refractivity contribution in [1.29, 1.82) is 0 Å². The van der Waals surface area contributed by atoms with Crippen LogP contribution in [-0.2, 0) is 6.18 Å². The van der Waals surface area contributed by atoms with Crippen molar-refractivity contribution in [3.63, 3.8) is 0 Å². The van der Waals surface area contributed by atoms with Gasteiger partial charge >= 0.3 is 6.18 Å². The zero-order valence-corrected chi connectivity index (χ0v) is 16.0. The van der Waals surface area contributed by atoms with E-state index in [2.05, 4.69) is 10.6 Å². The van der Waals surface area contributed by atoms with E-state index in [1.54, 1.807) is 24.3 Å². The molecule has 156 valence electrons. The predicted molar refractivity (Wildman–Crippen MR) is 107 cm³/mol. The molecule has 0 radical (unpaired) electrons. The van der Waals surface area contributed by atoms with Gasteiger partial charge in [0.05, 0.1) is 16.8 Å². The number of halogens is 5. The van der Waals surface area contributed by atoms with Crippen molar-refractivity contribution in [2.24, 2.45) is 0 Å². The molecule has 0 heterocycles. The number of rotatable bonds is 6. The van der Waals surface area contributed by atoms with Gasteiger partial charge in [-0.2, -0.15) is 22.0 Å². The number of nitrogens with one attached hydrogen (secondary N) is 2. The van der Waals surface area contributed by atoms with Gasteiger partial charge in [-0.1, -0.05) is 23.9 Å². The lowest BCUT2D eigenvalue weighted by molar-refractivity contribution is -0.137. The Bertz CT molecular complexity index is 1010. The van der Waals surface area contributed by atoms with Crippen LogP contribution in [0.15, 0.2) is 77.7 Å². The van der Waals surface area contributed by atoms with Gasteiger partial charge in [0.15, 0.2) is 0 Å². The molecule has 0 aliphatic carbocycles. The SMILES string of the molecule is O=C(Nc1ccc(SC(F)F)cc1)c1ccccc1Nc1ccc(C(F)(F)F)cc1. The van der Waals surface area contributed by atoms with Crippen molar-refractivity contribution < 1.29 is 26.7 Å². The smallest absolute Gasteiger partial charge is 0.355 e. The van der Waals surface area contributed by atoms with Gasteiger partial charge < -0.3 is 10.6 Å². The van der Waals surface area contributed by atoms with Gasteiger partial charge in [0.1, 0.15) is 0 Å².